The lowest BCUT2D eigenvalue weighted by Crippen LogP contribution is -2.45. The molecule has 0 aliphatic heterocycles. The van der Waals surface area contributed by atoms with Crippen LogP contribution in [0, 0.1) is 0 Å². The summed E-state index contributed by atoms with van der Waals surface area (Å²) in [5.74, 6) is -4.03. The average Bonchev–Trinajstić information content (AvgIpc) is 1.67. The summed E-state index contributed by atoms with van der Waals surface area (Å²) >= 11 is 3.44. The summed E-state index contributed by atoms with van der Waals surface area (Å²) in [6.07, 6.45) is 0. The smallest absolute Gasteiger partial charge is 0.278 e. The zero-order valence-electron chi connectivity index (χ0n) is 4.03. The minimum atomic E-state index is -2.46. The normalized spacial score (nSPS) is 11.4. The van der Waals surface area contributed by atoms with E-state index in [0.717, 1.165) is 0 Å². The van der Waals surface area contributed by atoms with E-state index in [4.69, 9.17) is 10.2 Å². The molecule has 5 heteroatoms. The number of rotatable bonds is 2. The highest BCUT2D eigenvalue weighted by Gasteiger charge is 2.27. The molecule has 48 valence electrons. The van der Waals surface area contributed by atoms with Gasteiger partial charge < -0.3 is 15.9 Å². The first-order chi connectivity index (χ1) is 3.50. The largest absolute Gasteiger partial charge is 0.365 e. The van der Waals surface area contributed by atoms with E-state index in [0.29, 0.717) is 0 Å². The maximum absolute atomic E-state index is 9.93. The Labute approximate surface area is 51.7 Å². The van der Waals surface area contributed by atoms with Gasteiger partial charge in [-0.3, -0.25) is 4.79 Å². The van der Waals surface area contributed by atoms with E-state index >= 15 is 0 Å². The molecule has 0 aromatic heterocycles. The third-order valence-corrected chi connectivity index (χ3v) is 1.06. The molecule has 0 spiro atoms. The SMILES string of the molecule is NC(=O)C(O)(O)CS. The van der Waals surface area contributed by atoms with Crippen LogP contribution in [0.2, 0.25) is 0 Å². The topological polar surface area (TPSA) is 83.6 Å². The average molecular weight is 137 g/mol. The number of nitrogens with two attached hydrogens (primary N) is 1. The van der Waals surface area contributed by atoms with Crippen LogP contribution in [0.15, 0.2) is 0 Å². The Bertz CT molecular complexity index is 103. The summed E-state index contributed by atoms with van der Waals surface area (Å²) in [6.45, 7) is 0. The second kappa shape index (κ2) is 2.34. The molecule has 0 aliphatic carbocycles. The van der Waals surface area contributed by atoms with E-state index in [1.165, 1.54) is 0 Å². The lowest BCUT2D eigenvalue weighted by Gasteiger charge is -2.12. The molecule has 0 bridgehead atoms. The predicted molar refractivity (Wildman–Crippen MR) is 30.2 cm³/mol. The van der Waals surface area contributed by atoms with Crippen LogP contribution in [0.4, 0.5) is 0 Å². The van der Waals surface area contributed by atoms with Crippen molar-refractivity contribution in [2.45, 2.75) is 5.79 Å². The minimum absolute atomic E-state index is 0.387. The van der Waals surface area contributed by atoms with E-state index in [1.54, 1.807) is 0 Å². The molecule has 0 aromatic rings. The van der Waals surface area contributed by atoms with Gasteiger partial charge in [-0.15, -0.1) is 0 Å². The van der Waals surface area contributed by atoms with Crippen molar-refractivity contribution in [2.24, 2.45) is 5.73 Å². The van der Waals surface area contributed by atoms with Crippen molar-refractivity contribution in [1.82, 2.24) is 0 Å². The number of carbonyl (C=O) groups is 1. The molecule has 0 unspecified atom stereocenters. The summed E-state index contributed by atoms with van der Waals surface area (Å²) in [7, 11) is 0. The van der Waals surface area contributed by atoms with Gasteiger partial charge in [0, 0.05) is 0 Å². The summed E-state index contributed by atoms with van der Waals surface area (Å²) in [5, 5.41) is 16.8. The van der Waals surface area contributed by atoms with E-state index < -0.39 is 11.7 Å². The first kappa shape index (κ1) is 7.74. The Morgan fingerprint density at radius 1 is 1.75 bits per heavy atom. The summed E-state index contributed by atoms with van der Waals surface area (Å²) < 4.78 is 0. The van der Waals surface area contributed by atoms with Gasteiger partial charge in [0.1, 0.15) is 0 Å². The van der Waals surface area contributed by atoms with E-state index in [9.17, 15) is 4.79 Å². The van der Waals surface area contributed by atoms with Crippen molar-refractivity contribution in [1.29, 1.82) is 0 Å². The molecule has 0 aliphatic rings. The van der Waals surface area contributed by atoms with Crippen LogP contribution < -0.4 is 5.73 Å². The van der Waals surface area contributed by atoms with Gasteiger partial charge in [-0.2, -0.15) is 12.6 Å². The van der Waals surface area contributed by atoms with E-state index in [2.05, 4.69) is 18.4 Å². The van der Waals surface area contributed by atoms with Crippen LogP contribution in [-0.4, -0.2) is 27.7 Å². The number of aliphatic hydroxyl groups is 2. The quantitative estimate of drug-likeness (QED) is 0.264. The van der Waals surface area contributed by atoms with Crippen LogP contribution in [0.25, 0.3) is 0 Å². The summed E-state index contributed by atoms with van der Waals surface area (Å²) in [4.78, 5) is 9.93. The molecule has 0 rings (SSSR count). The Morgan fingerprint density at radius 3 is 2.12 bits per heavy atom. The number of carbonyl (C=O) groups excluding carboxylic acids is 1. The highest BCUT2D eigenvalue weighted by atomic mass is 32.1. The predicted octanol–water partition coefficient (Wildman–Crippen LogP) is -1.92. The van der Waals surface area contributed by atoms with Gasteiger partial charge in [-0.1, -0.05) is 0 Å². The lowest BCUT2D eigenvalue weighted by atomic mass is 10.3. The molecule has 4 N–H and O–H groups in total. The number of amides is 1. The maximum Gasteiger partial charge on any atom is 0.278 e. The molecule has 0 saturated heterocycles. The Hall–Kier alpha value is -0.260. The Kier molecular flexibility index (Phi) is 2.26. The fraction of sp³-hybridized carbons (Fsp3) is 0.667. The second-order valence-corrected chi connectivity index (χ2v) is 1.66. The van der Waals surface area contributed by atoms with Crippen molar-refractivity contribution in [3.63, 3.8) is 0 Å². The number of thiol groups is 1. The molecule has 0 heterocycles. The van der Waals surface area contributed by atoms with Crippen molar-refractivity contribution in [2.75, 3.05) is 5.75 Å². The summed E-state index contributed by atoms with van der Waals surface area (Å²) in [6, 6.07) is 0. The first-order valence-electron chi connectivity index (χ1n) is 1.86. The van der Waals surface area contributed by atoms with E-state index in [-0.39, 0.29) is 5.75 Å². The number of primary amides is 1. The van der Waals surface area contributed by atoms with Gasteiger partial charge in [-0.25, -0.2) is 0 Å². The zero-order chi connectivity index (χ0) is 6.78. The molecule has 0 radical (unpaired) electrons. The Morgan fingerprint density at radius 2 is 2.12 bits per heavy atom. The van der Waals surface area contributed by atoms with Crippen molar-refractivity contribution >= 4 is 18.5 Å². The Balaban J connectivity index is 3.91. The third kappa shape index (κ3) is 1.69. The molecule has 8 heavy (non-hydrogen) atoms. The monoisotopic (exact) mass is 137 g/mol. The molecule has 0 aromatic carbocycles. The van der Waals surface area contributed by atoms with Gasteiger partial charge in [-0.05, 0) is 0 Å². The van der Waals surface area contributed by atoms with Crippen molar-refractivity contribution < 1.29 is 15.0 Å². The van der Waals surface area contributed by atoms with Crippen LogP contribution in [0.5, 0.6) is 0 Å². The van der Waals surface area contributed by atoms with E-state index in [1.807, 2.05) is 0 Å². The van der Waals surface area contributed by atoms with Gasteiger partial charge in [0.05, 0.1) is 5.75 Å². The summed E-state index contributed by atoms with van der Waals surface area (Å²) in [5.41, 5.74) is 4.49. The van der Waals surface area contributed by atoms with Gasteiger partial charge in [0.15, 0.2) is 0 Å². The zero-order valence-corrected chi connectivity index (χ0v) is 4.93. The molecule has 0 atom stereocenters. The number of hydrogen-bond donors (Lipinski definition) is 4. The fourth-order valence-electron chi connectivity index (χ4n) is 0.0779. The van der Waals surface area contributed by atoms with Crippen LogP contribution in [-0.2, 0) is 4.79 Å². The highest BCUT2D eigenvalue weighted by molar-refractivity contribution is 7.80. The number of hydrogen-bond acceptors (Lipinski definition) is 4. The second-order valence-electron chi connectivity index (χ2n) is 1.34. The van der Waals surface area contributed by atoms with Gasteiger partial charge >= 0.3 is 0 Å². The standard InChI is InChI=1S/C3H7NO3S/c4-2(5)3(6,7)1-8/h6-8H,1H2,(H2,4,5). The molecular weight excluding hydrogens is 130 g/mol. The molecular formula is C3H7NO3S. The first-order valence-corrected chi connectivity index (χ1v) is 2.49. The maximum atomic E-state index is 9.93. The molecule has 0 fully saturated rings. The van der Waals surface area contributed by atoms with Gasteiger partial charge in [0.2, 0.25) is 0 Å². The van der Waals surface area contributed by atoms with Crippen molar-refractivity contribution in [3.05, 3.63) is 0 Å². The fourth-order valence-corrected chi connectivity index (χ4v) is 0.234. The highest BCUT2D eigenvalue weighted by Crippen LogP contribution is 1.98. The third-order valence-electron chi connectivity index (χ3n) is 0.615. The lowest BCUT2D eigenvalue weighted by molar-refractivity contribution is -0.172. The molecule has 4 nitrogen and oxygen atoms in total. The minimum Gasteiger partial charge on any atom is -0.365 e. The molecule has 1 amide bonds. The van der Waals surface area contributed by atoms with Crippen LogP contribution in [0.1, 0.15) is 0 Å². The van der Waals surface area contributed by atoms with Crippen LogP contribution in [0.3, 0.4) is 0 Å². The van der Waals surface area contributed by atoms with Gasteiger partial charge in [0.25, 0.3) is 11.7 Å². The molecule has 0 saturated carbocycles. The van der Waals surface area contributed by atoms with Crippen LogP contribution >= 0.6 is 12.6 Å². The van der Waals surface area contributed by atoms with Crippen molar-refractivity contribution in [3.8, 4) is 0 Å².